The van der Waals surface area contributed by atoms with Gasteiger partial charge in [-0.2, -0.15) is 4.98 Å². The SMILES string of the molecule is COc1cc(Cc2cnc(N)nc2N)cc(CCc2c(F)cc3c(=O)c(OC(=O)O)cn(C4CC4)c3c2F)c1OC.Cl. The molecule has 0 unspecified atom stereocenters. The molecule has 1 fully saturated rings. The third-order valence-electron chi connectivity index (χ3n) is 6.98. The van der Waals surface area contributed by atoms with Gasteiger partial charge in [-0.15, -0.1) is 12.4 Å². The number of fused-ring (bicyclic) bond motifs is 1. The number of nitrogens with two attached hydrogens (primary N) is 2. The highest BCUT2D eigenvalue weighted by atomic mass is 35.5. The number of pyridine rings is 1. The van der Waals surface area contributed by atoms with E-state index in [0.29, 0.717) is 41.9 Å². The van der Waals surface area contributed by atoms with E-state index in [-0.39, 0.29) is 59.5 Å². The number of aryl methyl sites for hydroxylation is 1. The standard InChI is InChI=1S/C28H27F2N5O6.ClH/c1-39-20-9-13(8-15-11-33-27(32)34-26(15)31)7-14(25(20)40-2)3-6-17-19(29)10-18-23(22(17)30)35(16-4-5-16)12-21(24(18)36)41-28(37)38;/h7,9-12,16H,3-6,8H2,1-2H3,(H,37,38)(H4,31,32,33,34);1H. The van der Waals surface area contributed by atoms with Crippen LogP contribution in [-0.4, -0.2) is 40.0 Å². The van der Waals surface area contributed by atoms with E-state index in [0.717, 1.165) is 11.6 Å². The lowest BCUT2D eigenvalue weighted by Crippen LogP contribution is -2.18. The first-order chi connectivity index (χ1) is 19.6. The normalized spacial score (nSPS) is 12.6. The third kappa shape index (κ3) is 5.86. The molecule has 0 saturated heterocycles. The second kappa shape index (κ2) is 12.1. The van der Waals surface area contributed by atoms with Crippen LogP contribution in [0, 0.1) is 11.6 Å². The topological polar surface area (TPSA) is 165 Å². The Labute approximate surface area is 244 Å². The molecule has 14 heteroatoms. The number of rotatable bonds is 9. The van der Waals surface area contributed by atoms with E-state index >= 15 is 8.78 Å². The Balaban J connectivity index is 0.00000405. The van der Waals surface area contributed by atoms with Crippen LogP contribution in [0.15, 0.2) is 35.4 Å². The molecule has 1 aliphatic rings. The quantitative estimate of drug-likeness (QED) is 0.233. The van der Waals surface area contributed by atoms with Gasteiger partial charge in [-0.05, 0) is 48.9 Å². The molecule has 222 valence electrons. The smallest absolute Gasteiger partial charge is 0.493 e. The van der Waals surface area contributed by atoms with Crippen molar-refractivity contribution >= 4 is 41.2 Å². The molecule has 0 spiro atoms. The minimum atomic E-state index is -1.69. The number of halogens is 3. The summed E-state index contributed by atoms with van der Waals surface area (Å²) in [7, 11) is 2.95. The van der Waals surface area contributed by atoms with Crippen LogP contribution in [0.25, 0.3) is 10.9 Å². The van der Waals surface area contributed by atoms with Crippen LogP contribution in [0.3, 0.4) is 0 Å². The summed E-state index contributed by atoms with van der Waals surface area (Å²) < 4.78 is 48.4. The van der Waals surface area contributed by atoms with Crippen molar-refractivity contribution in [2.45, 2.75) is 38.1 Å². The summed E-state index contributed by atoms with van der Waals surface area (Å²) in [6.45, 7) is 0. The highest BCUT2D eigenvalue weighted by Gasteiger charge is 2.29. The predicted molar refractivity (Wildman–Crippen MR) is 153 cm³/mol. The molecule has 2 aromatic heterocycles. The first-order valence-electron chi connectivity index (χ1n) is 12.7. The lowest BCUT2D eigenvalue weighted by Gasteiger charge is -2.17. The molecule has 2 aromatic carbocycles. The zero-order chi connectivity index (χ0) is 29.4. The number of aromatic nitrogens is 3. The molecule has 5 N–H and O–H groups in total. The van der Waals surface area contributed by atoms with E-state index in [9.17, 15) is 9.59 Å². The Morgan fingerprint density at radius 1 is 1.10 bits per heavy atom. The van der Waals surface area contributed by atoms with Crippen molar-refractivity contribution in [3.05, 3.63) is 74.7 Å². The highest BCUT2D eigenvalue weighted by Crippen LogP contribution is 2.40. The molecule has 0 atom stereocenters. The van der Waals surface area contributed by atoms with Gasteiger partial charge in [-0.25, -0.2) is 18.6 Å². The highest BCUT2D eigenvalue weighted by molar-refractivity contribution is 5.85. The van der Waals surface area contributed by atoms with Crippen LogP contribution >= 0.6 is 12.4 Å². The predicted octanol–water partition coefficient (Wildman–Crippen LogP) is 4.44. The maximum Gasteiger partial charge on any atom is 0.511 e. The summed E-state index contributed by atoms with van der Waals surface area (Å²) in [6.07, 6.45) is 2.83. The minimum absolute atomic E-state index is 0. The Kier molecular flexibility index (Phi) is 8.71. The lowest BCUT2D eigenvalue weighted by molar-refractivity contribution is 0.143. The van der Waals surface area contributed by atoms with E-state index in [2.05, 4.69) is 14.7 Å². The molecule has 42 heavy (non-hydrogen) atoms. The number of hydrogen-bond donors (Lipinski definition) is 3. The molecule has 0 radical (unpaired) electrons. The Hall–Kier alpha value is -4.65. The van der Waals surface area contributed by atoms with Crippen LogP contribution in [0.4, 0.5) is 25.3 Å². The fraction of sp³-hybridized carbons (Fsp3) is 0.286. The van der Waals surface area contributed by atoms with Gasteiger partial charge in [0.15, 0.2) is 23.1 Å². The van der Waals surface area contributed by atoms with Crippen LogP contribution < -0.4 is 31.1 Å². The zero-order valence-electron chi connectivity index (χ0n) is 22.6. The third-order valence-corrected chi connectivity index (χ3v) is 6.98. The molecule has 4 aromatic rings. The maximum absolute atomic E-state index is 16.0. The van der Waals surface area contributed by atoms with Crippen LogP contribution in [-0.2, 0) is 19.3 Å². The number of nitrogens with zero attached hydrogens (tertiary/aromatic N) is 3. The number of hydrogen-bond acceptors (Lipinski definition) is 9. The van der Waals surface area contributed by atoms with Crippen LogP contribution in [0.5, 0.6) is 17.2 Å². The summed E-state index contributed by atoms with van der Waals surface area (Å²) in [6, 6.07) is 4.36. The molecule has 0 amide bonds. The molecular weight excluding hydrogens is 576 g/mol. The van der Waals surface area contributed by atoms with E-state index in [1.54, 1.807) is 6.07 Å². The van der Waals surface area contributed by atoms with E-state index in [1.807, 2.05) is 6.07 Å². The van der Waals surface area contributed by atoms with Crippen molar-refractivity contribution in [1.29, 1.82) is 0 Å². The van der Waals surface area contributed by atoms with Crippen molar-refractivity contribution in [1.82, 2.24) is 14.5 Å². The first-order valence-corrected chi connectivity index (χ1v) is 12.7. The Morgan fingerprint density at radius 3 is 2.45 bits per heavy atom. The largest absolute Gasteiger partial charge is 0.511 e. The number of ether oxygens (including phenoxy) is 3. The van der Waals surface area contributed by atoms with Crippen molar-refractivity contribution < 1.29 is 32.9 Å². The molecule has 11 nitrogen and oxygen atoms in total. The summed E-state index contributed by atoms with van der Waals surface area (Å²) >= 11 is 0. The van der Waals surface area contributed by atoms with Gasteiger partial charge in [-0.1, -0.05) is 6.07 Å². The number of nitrogen functional groups attached to an aromatic ring is 2. The Morgan fingerprint density at radius 2 is 1.83 bits per heavy atom. The van der Waals surface area contributed by atoms with Gasteiger partial charge < -0.3 is 35.4 Å². The average molecular weight is 604 g/mol. The van der Waals surface area contributed by atoms with Gasteiger partial charge in [0.1, 0.15) is 11.6 Å². The van der Waals surface area contributed by atoms with Crippen molar-refractivity contribution in [3.8, 4) is 17.2 Å². The Bertz CT molecular complexity index is 1750. The molecule has 0 bridgehead atoms. The minimum Gasteiger partial charge on any atom is -0.493 e. The fourth-order valence-corrected chi connectivity index (χ4v) is 4.94. The van der Waals surface area contributed by atoms with Gasteiger partial charge in [0, 0.05) is 29.8 Å². The van der Waals surface area contributed by atoms with E-state index < -0.39 is 29.0 Å². The number of carbonyl (C=O) groups is 1. The van der Waals surface area contributed by atoms with Crippen molar-refractivity contribution in [2.24, 2.45) is 0 Å². The molecule has 0 aliphatic heterocycles. The van der Waals surface area contributed by atoms with Gasteiger partial charge in [0.2, 0.25) is 11.4 Å². The molecule has 1 saturated carbocycles. The molecular formula is C28H28ClF2N5O6. The maximum atomic E-state index is 16.0. The zero-order valence-corrected chi connectivity index (χ0v) is 23.5. The summed E-state index contributed by atoms with van der Waals surface area (Å²) in [5, 5.41) is 8.70. The van der Waals surface area contributed by atoms with Gasteiger partial charge in [0.25, 0.3) is 0 Å². The molecule has 1 aliphatic carbocycles. The monoisotopic (exact) mass is 603 g/mol. The number of methoxy groups -OCH3 is 2. The number of anilines is 2. The summed E-state index contributed by atoms with van der Waals surface area (Å²) in [5.41, 5.74) is 12.4. The van der Waals surface area contributed by atoms with E-state index in [4.69, 9.17) is 26.0 Å². The van der Waals surface area contributed by atoms with Crippen molar-refractivity contribution in [2.75, 3.05) is 25.7 Å². The van der Waals surface area contributed by atoms with Gasteiger partial charge in [-0.3, -0.25) is 4.79 Å². The second-order valence-electron chi connectivity index (χ2n) is 9.68. The summed E-state index contributed by atoms with van der Waals surface area (Å²) in [5.74, 6) is -1.23. The lowest BCUT2D eigenvalue weighted by atomic mass is 9.97. The van der Waals surface area contributed by atoms with Gasteiger partial charge in [0.05, 0.1) is 31.3 Å². The fourth-order valence-electron chi connectivity index (χ4n) is 4.94. The summed E-state index contributed by atoms with van der Waals surface area (Å²) in [4.78, 5) is 31.9. The molecule has 2 heterocycles. The average Bonchev–Trinajstić information content (AvgIpc) is 3.77. The number of benzene rings is 2. The molecule has 5 rings (SSSR count). The van der Waals surface area contributed by atoms with Gasteiger partial charge >= 0.3 is 6.16 Å². The van der Waals surface area contributed by atoms with E-state index in [1.165, 1.54) is 31.2 Å². The van der Waals surface area contributed by atoms with Crippen LogP contribution in [0.1, 0.15) is 41.1 Å². The second-order valence-corrected chi connectivity index (χ2v) is 9.68. The van der Waals surface area contributed by atoms with Crippen molar-refractivity contribution in [3.63, 3.8) is 0 Å². The van der Waals surface area contributed by atoms with Crippen LogP contribution in [0.2, 0.25) is 0 Å². The number of carboxylic acid groups (broad SMARTS) is 1. The first kappa shape index (κ1) is 30.3.